The number of nitrogens with one attached hydrogen (secondary N) is 1. The van der Waals surface area contributed by atoms with Gasteiger partial charge in [-0.1, -0.05) is 22.0 Å². The molecule has 6 nitrogen and oxygen atoms in total. The molecule has 0 fully saturated rings. The largest absolute Gasteiger partial charge is 0.366 e. The van der Waals surface area contributed by atoms with E-state index in [9.17, 15) is 14.4 Å². The fraction of sp³-hybridized carbons (Fsp3) is 0. The Morgan fingerprint density at radius 2 is 1.45 bits per heavy atom. The summed E-state index contributed by atoms with van der Waals surface area (Å²) in [5.74, 6) is -1.83. The fourth-order valence-corrected chi connectivity index (χ4v) is 2.22. The zero-order valence-corrected chi connectivity index (χ0v) is 12.9. The molecule has 3 amide bonds. The molecule has 2 aromatic carbocycles. The van der Waals surface area contributed by atoms with Crippen LogP contribution in [0.4, 0.5) is 5.69 Å². The topological polar surface area (TPSA) is 115 Å². The molecular formula is C15H12BrN3O3. The van der Waals surface area contributed by atoms with Crippen molar-refractivity contribution in [1.82, 2.24) is 0 Å². The first-order chi connectivity index (χ1) is 10.4. The van der Waals surface area contributed by atoms with E-state index < -0.39 is 17.7 Å². The van der Waals surface area contributed by atoms with Gasteiger partial charge in [-0.05, 0) is 36.4 Å². The molecule has 0 aliphatic heterocycles. The normalized spacial score (nSPS) is 10.0. The highest BCUT2D eigenvalue weighted by atomic mass is 79.9. The van der Waals surface area contributed by atoms with E-state index in [2.05, 4.69) is 21.2 Å². The number of carbonyl (C=O) groups excluding carboxylic acids is 3. The Balaban J connectivity index is 2.34. The molecule has 0 aliphatic rings. The highest BCUT2D eigenvalue weighted by Crippen LogP contribution is 2.17. The molecule has 0 atom stereocenters. The number of benzene rings is 2. The summed E-state index contributed by atoms with van der Waals surface area (Å²) in [6.45, 7) is 0. The quantitative estimate of drug-likeness (QED) is 0.771. The summed E-state index contributed by atoms with van der Waals surface area (Å²) in [4.78, 5) is 34.7. The zero-order chi connectivity index (χ0) is 16.3. The third-order valence-corrected chi connectivity index (χ3v) is 3.34. The highest BCUT2D eigenvalue weighted by Gasteiger charge is 2.12. The second kappa shape index (κ2) is 6.40. The number of hydrogen-bond donors (Lipinski definition) is 3. The van der Waals surface area contributed by atoms with Gasteiger partial charge in [0.1, 0.15) is 0 Å². The first kappa shape index (κ1) is 15.7. The van der Waals surface area contributed by atoms with Gasteiger partial charge in [-0.25, -0.2) is 0 Å². The number of anilines is 1. The van der Waals surface area contributed by atoms with E-state index >= 15 is 0 Å². The molecule has 112 valence electrons. The number of rotatable bonds is 4. The van der Waals surface area contributed by atoms with Gasteiger partial charge in [0.15, 0.2) is 0 Å². The molecule has 2 aromatic rings. The smallest absolute Gasteiger partial charge is 0.255 e. The molecule has 0 saturated heterocycles. The van der Waals surface area contributed by atoms with Gasteiger partial charge in [0.2, 0.25) is 11.8 Å². The molecule has 0 radical (unpaired) electrons. The molecule has 0 aromatic heterocycles. The van der Waals surface area contributed by atoms with Gasteiger partial charge in [-0.2, -0.15) is 0 Å². The lowest BCUT2D eigenvalue weighted by Gasteiger charge is -2.08. The van der Waals surface area contributed by atoms with Crippen LogP contribution in [0.15, 0.2) is 46.9 Å². The maximum atomic E-state index is 12.2. The van der Waals surface area contributed by atoms with Gasteiger partial charge < -0.3 is 16.8 Å². The SMILES string of the molecule is NC(=O)c1cc(NC(=O)c2cccc(Br)c2)cc(C(N)=O)c1. The van der Waals surface area contributed by atoms with Gasteiger partial charge >= 0.3 is 0 Å². The van der Waals surface area contributed by atoms with Crippen LogP contribution in [-0.4, -0.2) is 17.7 Å². The van der Waals surface area contributed by atoms with Crippen LogP contribution in [0.3, 0.4) is 0 Å². The molecule has 0 bridgehead atoms. The van der Waals surface area contributed by atoms with Crippen LogP contribution in [0.25, 0.3) is 0 Å². The van der Waals surface area contributed by atoms with Crippen molar-refractivity contribution >= 4 is 39.3 Å². The second-order valence-corrected chi connectivity index (χ2v) is 5.41. The van der Waals surface area contributed by atoms with Gasteiger partial charge in [0, 0.05) is 26.9 Å². The van der Waals surface area contributed by atoms with Crippen LogP contribution >= 0.6 is 15.9 Å². The van der Waals surface area contributed by atoms with Gasteiger partial charge in [0.05, 0.1) is 0 Å². The highest BCUT2D eigenvalue weighted by molar-refractivity contribution is 9.10. The first-order valence-corrected chi connectivity index (χ1v) is 6.98. The number of halogens is 1. The van der Waals surface area contributed by atoms with E-state index in [1.54, 1.807) is 24.3 Å². The minimum absolute atomic E-state index is 0.0841. The van der Waals surface area contributed by atoms with E-state index in [0.29, 0.717) is 5.56 Å². The maximum absolute atomic E-state index is 12.2. The van der Waals surface area contributed by atoms with Crippen LogP contribution in [0.1, 0.15) is 31.1 Å². The number of hydrogen-bond acceptors (Lipinski definition) is 3. The molecule has 0 unspecified atom stereocenters. The van der Waals surface area contributed by atoms with E-state index in [1.807, 2.05) is 0 Å². The lowest BCUT2D eigenvalue weighted by Crippen LogP contribution is -2.18. The Bertz CT molecular complexity index is 742. The predicted molar refractivity (Wildman–Crippen MR) is 85.6 cm³/mol. The van der Waals surface area contributed by atoms with Crippen molar-refractivity contribution in [1.29, 1.82) is 0 Å². The summed E-state index contributed by atoms with van der Waals surface area (Å²) in [7, 11) is 0. The molecular weight excluding hydrogens is 350 g/mol. The number of nitrogens with two attached hydrogens (primary N) is 2. The molecule has 5 N–H and O–H groups in total. The van der Waals surface area contributed by atoms with Crippen molar-refractivity contribution in [2.24, 2.45) is 11.5 Å². The third-order valence-electron chi connectivity index (χ3n) is 2.85. The van der Waals surface area contributed by atoms with E-state index in [4.69, 9.17) is 11.5 Å². The minimum Gasteiger partial charge on any atom is -0.366 e. The van der Waals surface area contributed by atoms with Crippen molar-refractivity contribution in [3.05, 3.63) is 63.6 Å². The Labute approximate surface area is 134 Å². The number of amides is 3. The monoisotopic (exact) mass is 361 g/mol. The molecule has 0 aliphatic carbocycles. The van der Waals surface area contributed by atoms with Crippen LogP contribution in [-0.2, 0) is 0 Å². The van der Waals surface area contributed by atoms with Crippen molar-refractivity contribution in [2.45, 2.75) is 0 Å². The van der Waals surface area contributed by atoms with Crippen LogP contribution < -0.4 is 16.8 Å². The third kappa shape index (κ3) is 3.70. The lowest BCUT2D eigenvalue weighted by atomic mass is 10.1. The standard InChI is InChI=1S/C15H12BrN3O3/c16-11-3-1-2-8(5-11)15(22)19-12-6-9(13(17)20)4-10(7-12)14(18)21/h1-7H,(H2,17,20)(H2,18,21)(H,19,22). The number of carbonyl (C=O) groups is 3. The maximum Gasteiger partial charge on any atom is 0.255 e. The Kier molecular flexibility index (Phi) is 4.57. The fourth-order valence-electron chi connectivity index (χ4n) is 1.82. The van der Waals surface area contributed by atoms with Crippen molar-refractivity contribution < 1.29 is 14.4 Å². The summed E-state index contributed by atoms with van der Waals surface area (Å²) in [5.41, 5.74) is 11.3. The molecule has 0 spiro atoms. The summed E-state index contributed by atoms with van der Waals surface area (Å²) < 4.78 is 0.754. The van der Waals surface area contributed by atoms with E-state index in [-0.39, 0.29) is 16.8 Å². The van der Waals surface area contributed by atoms with Crippen LogP contribution in [0, 0.1) is 0 Å². The Morgan fingerprint density at radius 1 is 0.864 bits per heavy atom. The zero-order valence-electron chi connectivity index (χ0n) is 11.3. The Morgan fingerprint density at radius 3 is 1.95 bits per heavy atom. The summed E-state index contributed by atoms with van der Waals surface area (Å²) >= 11 is 3.27. The molecule has 7 heteroatoms. The molecule has 0 heterocycles. The Hall–Kier alpha value is -2.67. The minimum atomic E-state index is -0.721. The average Bonchev–Trinajstić information content (AvgIpc) is 2.46. The van der Waals surface area contributed by atoms with Gasteiger partial charge in [-0.15, -0.1) is 0 Å². The van der Waals surface area contributed by atoms with E-state index in [1.165, 1.54) is 18.2 Å². The summed E-state index contributed by atoms with van der Waals surface area (Å²) in [5, 5.41) is 2.60. The van der Waals surface area contributed by atoms with Gasteiger partial charge in [0.25, 0.3) is 5.91 Å². The van der Waals surface area contributed by atoms with E-state index in [0.717, 1.165) is 4.47 Å². The summed E-state index contributed by atoms with van der Waals surface area (Å²) in [6.07, 6.45) is 0. The first-order valence-electron chi connectivity index (χ1n) is 6.18. The van der Waals surface area contributed by atoms with Gasteiger partial charge in [-0.3, -0.25) is 14.4 Å². The van der Waals surface area contributed by atoms with Crippen LogP contribution in [0.5, 0.6) is 0 Å². The summed E-state index contributed by atoms with van der Waals surface area (Å²) in [6, 6.07) is 10.8. The molecule has 0 saturated carbocycles. The predicted octanol–water partition coefficient (Wildman–Crippen LogP) is 1.90. The second-order valence-electron chi connectivity index (χ2n) is 4.49. The lowest BCUT2D eigenvalue weighted by molar-refractivity contribution is 0.0994. The number of primary amides is 2. The van der Waals surface area contributed by atoms with Crippen molar-refractivity contribution in [2.75, 3.05) is 5.32 Å². The molecule has 22 heavy (non-hydrogen) atoms. The van der Waals surface area contributed by atoms with Crippen molar-refractivity contribution in [3.63, 3.8) is 0 Å². The average molecular weight is 362 g/mol. The molecule has 2 rings (SSSR count). The van der Waals surface area contributed by atoms with Crippen LogP contribution in [0.2, 0.25) is 0 Å². The van der Waals surface area contributed by atoms with Crippen molar-refractivity contribution in [3.8, 4) is 0 Å².